The fourth-order valence-corrected chi connectivity index (χ4v) is 3.21. The average molecular weight is 356 g/mol. The minimum atomic E-state index is -0.521. The Morgan fingerprint density at radius 3 is 2.32 bits per heavy atom. The molecule has 25 heavy (non-hydrogen) atoms. The van der Waals surface area contributed by atoms with Gasteiger partial charge in [-0.15, -0.1) is 11.3 Å². The molecule has 7 heteroatoms. The first-order valence-corrected chi connectivity index (χ1v) is 8.33. The van der Waals surface area contributed by atoms with Crippen molar-refractivity contribution in [2.45, 2.75) is 20.8 Å². The molecule has 0 aliphatic carbocycles. The summed E-state index contributed by atoms with van der Waals surface area (Å²) < 4.78 is 4.96. The van der Waals surface area contributed by atoms with Gasteiger partial charge in [0.2, 0.25) is 0 Å². The van der Waals surface area contributed by atoms with E-state index in [-0.39, 0.29) is 18.0 Å². The highest BCUT2D eigenvalue weighted by Gasteiger charge is 2.22. The Morgan fingerprint density at radius 2 is 1.80 bits per heavy atom. The number of rotatable bonds is 5. The minimum Gasteiger partial charge on any atom is -0.462 e. The number of benzene rings is 1. The lowest BCUT2D eigenvalue weighted by molar-refractivity contribution is 0.0531. The van der Waals surface area contributed by atoms with E-state index in [1.807, 2.05) is 6.07 Å². The fraction of sp³-hybridized carbons (Fsp3) is 0.222. The van der Waals surface area contributed by atoms with E-state index in [9.17, 15) is 19.6 Å². The number of anilines is 1. The van der Waals surface area contributed by atoms with Gasteiger partial charge in [0.1, 0.15) is 15.9 Å². The van der Waals surface area contributed by atoms with Crippen LogP contribution in [0.4, 0.5) is 5.00 Å². The SMILES string of the molecule is CCOC(=O)c1sc(NC(=O)c2ccc(C(C)=O)cc2)c(C#N)c1C. The number of nitrogens with one attached hydrogen (secondary N) is 1. The van der Waals surface area contributed by atoms with Gasteiger partial charge in [0.05, 0.1) is 12.2 Å². The first kappa shape index (κ1) is 18.4. The van der Waals surface area contributed by atoms with Crippen LogP contribution in [0.5, 0.6) is 0 Å². The summed E-state index contributed by atoms with van der Waals surface area (Å²) in [7, 11) is 0. The second-order valence-corrected chi connectivity index (χ2v) is 6.20. The zero-order valence-electron chi connectivity index (χ0n) is 14.0. The van der Waals surface area contributed by atoms with Gasteiger partial charge < -0.3 is 10.1 Å². The van der Waals surface area contributed by atoms with E-state index < -0.39 is 11.9 Å². The fourth-order valence-electron chi connectivity index (χ4n) is 2.16. The summed E-state index contributed by atoms with van der Waals surface area (Å²) in [6.45, 7) is 5.00. The van der Waals surface area contributed by atoms with Crippen LogP contribution in [0.1, 0.15) is 55.4 Å². The molecule has 0 radical (unpaired) electrons. The van der Waals surface area contributed by atoms with E-state index in [2.05, 4.69) is 5.32 Å². The Morgan fingerprint density at radius 1 is 1.20 bits per heavy atom. The lowest BCUT2D eigenvalue weighted by atomic mass is 10.1. The quantitative estimate of drug-likeness (QED) is 0.653. The Balaban J connectivity index is 2.28. The van der Waals surface area contributed by atoms with E-state index in [4.69, 9.17) is 4.74 Å². The van der Waals surface area contributed by atoms with Crippen molar-refractivity contribution in [2.24, 2.45) is 0 Å². The molecule has 1 aromatic carbocycles. The third-order valence-corrected chi connectivity index (χ3v) is 4.69. The van der Waals surface area contributed by atoms with Crippen molar-refractivity contribution in [3.8, 4) is 6.07 Å². The molecule has 128 valence electrons. The highest BCUT2D eigenvalue weighted by Crippen LogP contribution is 2.33. The van der Waals surface area contributed by atoms with E-state index in [0.29, 0.717) is 26.6 Å². The minimum absolute atomic E-state index is 0.0910. The topological polar surface area (TPSA) is 96.3 Å². The van der Waals surface area contributed by atoms with Crippen molar-refractivity contribution in [1.29, 1.82) is 5.26 Å². The molecule has 0 bridgehead atoms. The molecule has 2 rings (SSSR count). The van der Waals surface area contributed by atoms with Gasteiger partial charge in [-0.2, -0.15) is 5.26 Å². The van der Waals surface area contributed by atoms with Gasteiger partial charge in [0, 0.05) is 11.1 Å². The maximum Gasteiger partial charge on any atom is 0.348 e. The maximum atomic E-state index is 12.4. The smallest absolute Gasteiger partial charge is 0.348 e. The number of hydrogen-bond donors (Lipinski definition) is 1. The molecular weight excluding hydrogens is 340 g/mol. The molecule has 1 amide bonds. The number of ketones is 1. The zero-order chi connectivity index (χ0) is 18.6. The molecule has 0 spiro atoms. The molecule has 6 nitrogen and oxygen atoms in total. The number of Topliss-reactive ketones (excluding diaryl/α,β-unsaturated/α-hetero) is 1. The van der Waals surface area contributed by atoms with Gasteiger partial charge in [0.25, 0.3) is 5.91 Å². The second kappa shape index (κ2) is 7.73. The van der Waals surface area contributed by atoms with Crippen molar-refractivity contribution in [3.05, 3.63) is 51.4 Å². The number of nitrogens with zero attached hydrogens (tertiary/aromatic N) is 1. The van der Waals surface area contributed by atoms with Crippen LogP contribution in [0.15, 0.2) is 24.3 Å². The number of nitriles is 1. The Hall–Kier alpha value is -2.98. The molecule has 0 atom stereocenters. The summed E-state index contributed by atoms with van der Waals surface area (Å²) in [5.41, 5.74) is 1.57. The number of esters is 1. The summed E-state index contributed by atoms with van der Waals surface area (Å²) in [5.74, 6) is -1.04. The summed E-state index contributed by atoms with van der Waals surface area (Å²) in [6, 6.07) is 8.19. The van der Waals surface area contributed by atoms with Crippen molar-refractivity contribution >= 4 is 34.0 Å². The average Bonchev–Trinajstić information content (AvgIpc) is 2.90. The molecule has 0 saturated carbocycles. The predicted molar refractivity (Wildman–Crippen MR) is 94.1 cm³/mol. The summed E-state index contributed by atoms with van der Waals surface area (Å²) in [4.78, 5) is 35.9. The molecule has 0 aliphatic rings. The van der Waals surface area contributed by atoms with Gasteiger partial charge >= 0.3 is 5.97 Å². The Bertz CT molecular complexity index is 876. The van der Waals surface area contributed by atoms with Crippen LogP contribution in [-0.4, -0.2) is 24.3 Å². The van der Waals surface area contributed by atoms with Crippen LogP contribution >= 0.6 is 11.3 Å². The Labute approximate surface area is 149 Å². The number of carbonyl (C=O) groups excluding carboxylic acids is 3. The molecule has 0 unspecified atom stereocenters. The maximum absolute atomic E-state index is 12.4. The van der Waals surface area contributed by atoms with Crippen molar-refractivity contribution in [3.63, 3.8) is 0 Å². The number of amides is 1. The molecule has 1 N–H and O–H groups in total. The molecule has 0 aliphatic heterocycles. The standard InChI is InChI=1S/C18H16N2O4S/c1-4-24-18(23)15-10(2)14(9-19)17(25-15)20-16(22)13-7-5-12(6-8-13)11(3)21/h5-8H,4H2,1-3H3,(H,20,22). The van der Waals surface area contributed by atoms with Crippen LogP contribution in [0, 0.1) is 18.3 Å². The van der Waals surface area contributed by atoms with E-state index in [1.165, 1.54) is 19.1 Å². The number of carbonyl (C=O) groups is 3. The molecule has 2 aromatic rings. The van der Waals surface area contributed by atoms with Gasteiger partial charge in [-0.3, -0.25) is 9.59 Å². The molecular formula is C18H16N2O4S. The van der Waals surface area contributed by atoms with E-state index >= 15 is 0 Å². The lowest BCUT2D eigenvalue weighted by Crippen LogP contribution is -2.12. The number of thiophene rings is 1. The summed E-state index contributed by atoms with van der Waals surface area (Å²) in [6.07, 6.45) is 0. The van der Waals surface area contributed by atoms with Crippen LogP contribution in [0.2, 0.25) is 0 Å². The third-order valence-electron chi connectivity index (χ3n) is 3.50. The first-order chi connectivity index (χ1) is 11.9. The van der Waals surface area contributed by atoms with Crippen LogP contribution in [-0.2, 0) is 4.74 Å². The monoisotopic (exact) mass is 356 g/mol. The molecule has 1 aromatic heterocycles. The first-order valence-electron chi connectivity index (χ1n) is 7.52. The van der Waals surface area contributed by atoms with Gasteiger partial charge in [-0.1, -0.05) is 12.1 Å². The number of hydrogen-bond acceptors (Lipinski definition) is 6. The van der Waals surface area contributed by atoms with Gasteiger partial charge in [-0.05, 0) is 38.5 Å². The largest absolute Gasteiger partial charge is 0.462 e. The van der Waals surface area contributed by atoms with Crippen LogP contribution < -0.4 is 5.32 Å². The molecule has 1 heterocycles. The summed E-state index contributed by atoms with van der Waals surface area (Å²) in [5, 5.41) is 12.3. The van der Waals surface area contributed by atoms with Crippen molar-refractivity contribution < 1.29 is 19.1 Å². The lowest BCUT2D eigenvalue weighted by Gasteiger charge is -2.04. The molecule has 0 fully saturated rings. The normalized spacial score (nSPS) is 10.0. The zero-order valence-corrected chi connectivity index (χ0v) is 14.8. The van der Waals surface area contributed by atoms with Crippen molar-refractivity contribution in [2.75, 3.05) is 11.9 Å². The van der Waals surface area contributed by atoms with E-state index in [1.54, 1.807) is 26.0 Å². The highest BCUT2D eigenvalue weighted by molar-refractivity contribution is 7.18. The van der Waals surface area contributed by atoms with Crippen molar-refractivity contribution in [1.82, 2.24) is 0 Å². The predicted octanol–water partition coefficient (Wildman–Crippen LogP) is 3.56. The highest BCUT2D eigenvalue weighted by atomic mass is 32.1. The third kappa shape index (κ3) is 3.92. The Kier molecular flexibility index (Phi) is 5.67. The number of ether oxygens (including phenoxy) is 1. The second-order valence-electron chi connectivity index (χ2n) is 5.18. The van der Waals surface area contributed by atoms with Gasteiger partial charge in [0.15, 0.2) is 5.78 Å². The van der Waals surface area contributed by atoms with Crippen LogP contribution in [0.3, 0.4) is 0 Å². The van der Waals surface area contributed by atoms with Gasteiger partial charge in [-0.25, -0.2) is 4.79 Å². The van der Waals surface area contributed by atoms with E-state index in [0.717, 1.165) is 11.3 Å². The summed E-state index contributed by atoms with van der Waals surface area (Å²) >= 11 is 1.01. The van der Waals surface area contributed by atoms with Crippen LogP contribution in [0.25, 0.3) is 0 Å². The molecule has 0 saturated heterocycles.